The highest BCUT2D eigenvalue weighted by Gasteiger charge is 2.33. The van der Waals surface area contributed by atoms with Crippen molar-refractivity contribution in [3.05, 3.63) is 94.5 Å². The van der Waals surface area contributed by atoms with E-state index in [-0.39, 0.29) is 23.4 Å². The van der Waals surface area contributed by atoms with Crippen LogP contribution in [0.15, 0.2) is 71.6 Å². The Morgan fingerprint density at radius 1 is 0.821 bits per heavy atom. The van der Waals surface area contributed by atoms with Crippen LogP contribution in [0.5, 0.6) is 0 Å². The Labute approximate surface area is 232 Å². The molecule has 208 valence electrons. The van der Waals surface area contributed by atoms with Crippen molar-refractivity contribution in [2.24, 2.45) is 0 Å². The molecule has 0 spiro atoms. The molecule has 0 aromatic heterocycles. The number of nitrogens with one attached hydrogen (secondary N) is 1. The number of carbonyl (C=O) groups is 2. The highest BCUT2D eigenvalue weighted by atomic mass is 32.2. The van der Waals surface area contributed by atoms with Crippen molar-refractivity contribution in [1.82, 2.24) is 10.2 Å². The smallest absolute Gasteiger partial charge is 0.264 e. The van der Waals surface area contributed by atoms with Crippen LogP contribution < -0.4 is 9.62 Å². The van der Waals surface area contributed by atoms with Gasteiger partial charge in [-0.05, 0) is 83.4 Å². The summed E-state index contributed by atoms with van der Waals surface area (Å²) in [4.78, 5) is 28.6. The molecule has 7 nitrogen and oxygen atoms in total. The average molecular weight is 550 g/mol. The third kappa shape index (κ3) is 7.26. The molecule has 0 aliphatic rings. The summed E-state index contributed by atoms with van der Waals surface area (Å²) < 4.78 is 29.1. The Hall–Kier alpha value is -3.65. The van der Waals surface area contributed by atoms with E-state index in [1.807, 2.05) is 71.9 Å². The Bertz CT molecular complexity index is 1420. The van der Waals surface area contributed by atoms with Crippen molar-refractivity contribution >= 4 is 27.5 Å². The lowest BCUT2D eigenvalue weighted by molar-refractivity contribution is -0.139. The normalized spacial score (nSPS) is 12.2. The molecule has 3 aromatic carbocycles. The van der Waals surface area contributed by atoms with Crippen molar-refractivity contribution in [2.45, 2.75) is 72.0 Å². The fraction of sp³-hybridized carbons (Fsp3) is 0.355. The number of sulfonamides is 1. The van der Waals surface area contributed by atoms with Crippen LogP contribution in [0.2, 0.25) is 0 Å². The summed E-state index contributed by atoms with van der Waals surface area (Å²) in [6.07, 6.45) is 0. The highest BCUT2D eigenvalue weighted by molar-refractivity contribution is 7.92. The summed E-state index contributed by atoms with van der Waals surface area (Å²) in [5.74, 6) is -0.774. The number of nitrogens with zero attached hydrogens (tertiary/aromatic N) is 2. The summed E-state index contributed by atoms with van der Waals surface area (Å²) in [5.41, 5.74) is 4.95. The summed E-state index contributed by atoms with van der Waals surface area (Å²) in [6, 6.07) is 18.8. The zero-order chi connectivity index (χ0) is 28.9. The van der Waals surface area contributed by atoms with Gasteiger partial charge in [0.15, 0.2) is 0 Å². The maximum Gasteiger partial charge on any atom is 0.264 e. The number of benzene rings is 3. The van der Waals surface area contributed by atoms with E-state index in [4.69, 9.17) is 0 Å². The van der Waals surface area contributed by atoms with E-state index < -0.39 is 28.5 Å². The van der Waals surface area contributed by atoms with E-state index in [0.717, 1.165) is 32.1 Å². The lowest BCUT2D eigenvalue weighted by atomic mass is 10.1. The maximum atomic E-state index is 14.0. The summed E-state index contributed by atoms with van der Waals surface area (Å²) in [5, 5.41) is 2.87. The Balaban J connectivity index is 2.07. The van der Waals surface area contributed by atoms with Crippen LogP contribution in [0.1, 0.15) is 48.6 Å². The van der Waals surface area contributed by atoms with Gasteiger partial charge < -0.3 is 10.2 Å². The van der Waals surface area contributed by atoms with Gasteiger partial charge in [0.05, 0.1) is 10.6 Å². The molecule has 0 saturated carbocycles. The number of anilines is 1. The molecule has 0 radical (unpaired) electrons. The molecular formula is C31H39N3O4S. The fourth-order valence-electron chi connectivity index (χ4n) is 4.23. The van der Waals surface area contributed by atoms with Crippen LogP contribution in [-0.4, -0.2) is 43.8 Å². The molecule has 1 atom stereocenters. The Morgan fingerprint density at radius 2 is 1.38 bits per heavy atom. The first-order valence-electron chi connectivity index (χ1n) is 13.1. The summed E-state index contributed by atoms with van der Waals surface area (Å²) in [6.45, 7) is 12.7. The molecule has 0 bridgehead atoms. The van der Waals surface area contributed by atoms with E-state index in [0.29, 0.717) is 5.69 Å². The lowest BCUT2D eigenvalue weighted by Gasteiger charge is -2.33. The van der Waals surface area contributed by atoms with E-state index in [2.05, 4.69) is 5.32 Å². The first-order chi connectivity index (χ1) is 18.3. The molecule has 1 N–H and O–H groups in total. The highest BCUT2D eigenvalue weighted by Crippen LogP contribution is 2.29. The zero-order valence-corrected chi connectivity index (χ0v) is 24.7. The molecule has 39 heavy (non-hydrogen) atoms. The van der Waals surface area contributed by atoms with Crippen LogP contribution in [0.3, 0.4) is 0 Å². The van der Waals surface area contributed by atoms with Crippen molar-refractivity contribution in [1.29, 1.82) is 0 Å². The molecule has 0 fully saturated rings. The lowest BCUT2D eigenvalue weighted by Crippen LogP contribution is -2.52. The monoisotopic (exact) mass is 549 g/mol. The van der Waals surface area contributed by atoms with Crippen molar-refractivity contribution in [3.8, 4) is 0 Å². The topological polar surface area (TPSA) is 86.8 Å². The predicted molar refractivity (Wildman–Crippen MR) is 156 cm³/mol. The van der Waals surface area contributed by atoms with Crippen molar-refractivity contribution in [2.75, 3.05) is 10.8 Å². The van der Waals surface area contributed by atoms with Gasteiger partial charge in [-0.3, -0.25) is 13.9 Å². The van der Waals surface area contributed by atoms with E-state index in [9.17, 15) is 18.0 Å². The average Bonchev–Trinajstić information content (AvgIpc) is 2.88. The largest absolute Gasteiger partial charge is 0.352 e. The van der Waals surface area contributed by atoms with Gasteiger partial charge >= 0.3 is 0 Å². The van der Waals surface area contributed by atoms with Gasteiger partial charge in [-0.25, -0.2) is 8.42 Å². The third-order valence-corrected chi connectivity index (χ3v) is 8.58. The molecule has 3 aromatic rings. The van der Waals surface area contributed by atoms with Gasteiger partial charge in [0, 0.05) is 12.6 Å². The molecule has 8 heteroatoms. The first kappa shape index (κ1) is 29.9. The predicted octanol–water partition coefficient (Wildman–Crippen LogP) is 5.06. The molecule has 0 heterocycles. The number of amides is 2. The third-order valence-electron chi connectivity index (χ3n) is 6.80. The van der Waals surface area contributed by atoms with Crippen LogP contribution in [0.4, 0.5) is 5.69 Å². The minimum Gasteiger partial charge on any atom is -0.352 e. The number of aryl methyl sites for hydroxylation is 3. The molecule has 0 aliphatic heterocycles. The number of hydrogen-bond donors (Lipinski definition) is 1. The van der Waals surface area contributed by atoms with Crippen molar-refractivity contribution < 1.29 is 18.0 Å². The number of carbonyl (C=O) groups excluding carboxylic acids is 2. The molecule has 0 unspecified atom stereocenters. The van der Waals surface area contributed by atoms with Crippen LogP contribution in [0.25, 0.3) is 0 Å². The molecular weight excluding hydrogens is 510 g/mol. The fourth-order valence-corrected chi connectivity index (χ4v) is 5.71. The van der Waals surface area contributed by atoms with Gasteiger partial charge in [-0.1, -0.05) is 59.7 Å². The number of hydrogen-bond acceptors (Lipinski definition) is 4. The number of rotatable bonds is 10. The van der Waals surface area contributed by atoms with Gasteiger partial charge in [0.25, 0.3) is 10.0 Å². The summed E-state index contributed by atoms with van der Waals surface area (Å²) >= 11 is 0. The second-order valence-corrected chi connectivity index (χ2v) is 12.3. The first-order valence-corrected chi connectivity index (χ1v) is 14.6. The van der Waals surface area contributed by atoms with Crippen LogP contribution >= 0.6 is 0 Å². The second kappa shape index (κ2) is 12.5. The molecule has 2 amide bonds. The Morgan fingerprint density at radius 3 is 1.95 bits per heavy atom. The van der Waals surface area contributed by atoms with Gasteiger partial charge in [-0.2, -0.15) is 0 Å². The summed E-state index contributed by atoms with van der Waals surface area (Å²) in [7, 11) is -4.10. The van der Waals surface area contributed by atoms with Crippen LogP contribution in [0, 0.1) is 27.7 Å². The SMILES string of the molecule is Cc1ccc(CN(C(=O)CN(c2cccc(C)c2C)S(=O)(=O)c2ccc(C)cc2)[C@H](C)C(=O)NC(C)C)cc1. The standard InChI is InChI=1S/C31H39N3O4S/c1-21(2)32-31(36)26(7)33(19-27-15-11-22(3)12-16-27)30(35)20-34(29-10-8-9-24(5)25(29)6)39(37,38)28-17-13-23(4)14-18-28/h8-18,21,26H,19-20H2,1-7H3,(H,32,36)/t26-/m1/s1. The minimum atomic E-state index is -4.10. The van der Waals surface area contributed by atoms with Gasteiger partial charge in [0.1, 0.15) is 12.6 Å². The quantitative estimate of drug-likeness (QED) is 0.383. The van der Waals surface area contributed by atoms with E-state index >= 15 is 0 Å². The molecule has 3 rings (SSSR count). The zero-order valence-electron chi connectivity index (χ0n) is 23.9. The minimum absolute atomic E-state index is 0.0949. The Kier molecular flexibility index (Phi) is 9.56. The van der Waals surface area contributed by atoms with Gasteiger partial charge in [-0.15, -0.1) is 0 Å². The van der Waals surface area contributed by atoms with Crippen LogP contribution in [-0.2, 0) is 26.2 Å². The van der Waals surface area contributed by atoms with E-state index in [1.165, 1.54) is 4.90 Å². The van der Waals surface area contributed by atoms with E-state index in [1.54, 1.807) is 43.3 Å². The molecule has 0 aliphatic carbocycles. The van der Waals surface area contributed by atoms with Gasteiger partial charge in [0.2, 0.25) is 11.8 Å². The van der Waals surface area contributed by atoms with Crippen molar-refractivity contribution in [3.63, 3.8) is 0 Å². The second-order valence-electron chi connectivity index (χ2n) is 10.4. The maximum absolute atomic E-state index is 14.0. The molecule has 0 saturated heterocycles.